The number of carbonyl (C=O) groups excluding carboxylic acids is 2. The highest BCUT2D eigenvalue weighted by Gasteiger charge is 2.36. The van der Waals surface area contributed by atoms with Crippen LogP contribution in [0.15, 0.2) is 48.5 Å². The van der Waals surface area contributed by atoms with E-state index in [-0.39, 0.29) is 30.9 Å². The molecule has 3 N–H and O–H groups in total. The van der Waals surface area contributed by atoms with Gasteiger partial charge in [0.15, 0.2) is 0 Å². The van der Waals surface area contributed by atoms with E-state index in [2.05, 4.69) is 34.9 Å². The quantitative estimate of drug-likeness (QED) is 0.551. The third-order valence-electron chi connectivity index (χ3n) is 6.83. The highest BCUT2D eigenvalue weighted by Crippen LogP contribution is 2.44. The van der Waals surface area contributed by atoms with Crippen molar-refractivity contribution in [1.29, 1.82) is 0 Å². The van der Waals surface area contributed by atoms with Crippen molar-refractivity contribution >= 4 is 18.0 Å². The summed E-state index contributed by atoms with van der Waals surface area (Å²) in [7, 11) is 0. The van der Waals surface area contributed by atoms with Crippen molar-refractivity contribution in [1.82, 2.24) is 10.6 Å². The predicted molar refractivity (Wildman–Crippen MR) is 125 cm³/mol. The number of hydrogen-bond acceptors (Lipinski definition) is 5. The van der Waals surface area contributed by atoms with Crippen LogP contribution in [-0.2, 0) is 19.1 Å². The van der Waals surface area contributed by atoms with Crippen LogP contribution in [0.4, 0.5) is 4.79 Å². The Morgan fingerprint density at radius 1 is 1.06 bits per heavy atom. The molecule has 4 rings (SSSR count). The molecule has 0 spiro atoms. The van der Waals surface area contributed by atoms with Crippen molar-refractivity contribution in [2.24, 2.45) is 11.8 Å². The van der Waals surface area contributed by atoms with Gasteiger partial charge in [-0.15, -0.1) is 0 Å². The maximum absolute atomic E-state index is 12.6. The number of hydrogen-bond donors (Lipinski definition) is 3. The van der Waals surface area contributed by atoms with Crippen LogP contribution in [0.25, 0.3) is 11.1 Å². The molecule has 0 radical (unpaired) electrons. The second-order valence-corrected chi connectivity index (χ2v) is 8.97. The van der Waals surface area contributed by atoms with Gasteiger partial charge in [-0.2, -0.15) is 0 Å². The van der Waals surface area contributed by atoms with Crippen LogP contribution in [0.5, 0.6) is 0 Å². The molecule has 1 fully saturated rings. The van der Waals surface area contributed by atoms with Crippen molar-refractivity contribution in [3.63, 3.8) is 0 Å². The van der Waals surface area contributed by atoms with Crippen molar-refractivity contribution < 1.29 is 29.0 Å². The number of carbonyl (C=O) groups is 3. The largest absolute Gasteiger partial charge is 0.481 e. The Balaban J connectivity index is 1.30. The highest BCUT2D eigenvalue weighted by molar-refractivity contribution is 5.83. The minimum atomic E-state index is -0.978. The second-order valence-electron chi connectivity index (χ2n) is 8.97. The van der Waals surface area contributed by atoms with Crippen LogP contribution in [0.2, 0.25) is 0 Å². The van der Waals surface area contributed by atoms with Gasteiger partial charge in [0.05, 0.1) is 5.92 Å². The van der Waals surface area contributed by atoms with Crippen LogP contribution in [-0.4, -0.2) is 55.0 Å². The lowest BCUT2D eigenvalue weighted by molar-refractivity contribution is -0.142. The number of carboxylic acids is 1. The zero-order valence-electron chi connectivity index (χ0n) is 19.3. The monoisotopic (exact) mass is 466 g/mol. The normalized spacial score (nSPS) is 20.6. The lowest BCUT2D eigenvalue weighted by Gasteiger charge is -2.23. The minimum Gasteiger partial charge on any atom is -0.481 e. The van der Waals surface area contributed by atoms with E-state index in [1.54, 1.807) is 13.8 Å². The standard InChI is InChI=1S/C26H30N2O6/c1-15(25(30)31)16(2)28-24(29)23-17(11-12-33-23)13-27-26(32)34-14-22-20-9-5-3-7-18(20)19-8-4-6-10-21(19)22/h3-10,15-17,22-23H,11-14H2,1-2H3,(H,27,32)(H,28,29)(H,30,31)/t15?,16?,17-,23-/m0/s1. The molecule has 34 heavy (non-hydrogen) atoms. The van der Waals surface area contributed by atoms with Gasteiger partial charge in [-0.25, -0.2) is 4.79 Å². The van der Waals surface area contributed by atoms with Crippen LogP contribution < -0.4 is 10.6 Å². The van der Waals surface area contributed by atoms with E-state index in [9.17, 15) is 14.4 Å². The molecule has 2 aromatic carbocycles. The molecule has 1 aliphatic carbocycles. The van der Waals surface area contributed by atoms with Crippen LogP contribution in [0, 0.1) is 11.8 Å². The first-order valence-corrected chi connectivity index (χ1v) is 11.6. The highest BCUT2D eigenvalue weighted by atomic mass is 16.5. The Bertz CT molecular complexity index is 1030. The second kappa shape index (κ2) is 10.3. The molecular formula is C26H30N2O6. The van der Waals surface area contributed by atoms with Crippen molar-refractivity contribution in [3.05, 3.63) is 59.7 Å². The van der Waals surface area contributed by atoms with Crippen LogP contribution in [0.1, 0.15) is 37.3 Å². The van der Waals surface area contributed by atoms with Gasteiger partial charge in [0.1, 0.15) is 12.7 Å². The Labute approximate surface area is 198 Å². The molecule has 0 bridgehead atoms. The summed E-state index contributed by atoms with van der Waals surface area (Å²) in [5, 5.41) is 14.6. The molecule has 2 unspecified atom stereocenters. The zero-order chi connectivity index (χ0) is 24.2. The summed E-state index contributed by atoms with van der Waals surface area (Å²) >= 11 is 0. The molecule has 8 heteroatoms. The summed E-state index contributed by atoms with van der Waals surface area (Å²) in [6.07, 6.45) is -0.664. The SMILES string of the molecule is CC(NC(=O)[C@H]1OCC[C@H]1CNC(=O)OCC1c2ccccc2-c2ccccc21)C(C)C(=O)O. The van der Waals surface area contributed by atoms with Gasteiger partial charge in [0, 0.05) is 31.0 Å². The number of carboxylic acid groups (broad SMARTS) is 1. The van der Waals surface area contributed by atoms with Gasteiger partial charge >= 0.3 is 12.1 Å². The molecule has 1 aliphatic heterocycles. The number of alkyl carbamates (subject to hydrolysis) is 1. The van der Waals surface area contributed by atoms with Gasteiger partial charge in [-0.3, -0.25) is 9.59 Å². The number of rotatable bonds is 8. The van der Waals surface area contributed by atoms with Gasteiger partial charge in [-0.05, 0) is 42.5 Å². The molecule has 2 aliphatic rings. The first kappa shape index (κ1) is 23.8. The summed E-state index contributed by atoms with van der Waals surface area (Å²) < 4.78 is 11.1. The van der Waals surface area contributed by atoms with Gasteiger partial charge < -0.3 is 25.2 Å². The van der Waals surface area contributed by atoms with E-state index in [1.807, 2.05) is 24.3 Å². The Morgan fingerprint density at radius 3 is 2.29 bits per heavy atom. The number of ether oxygens (including phenoxy) is 2. The molecule has 0 saturated carbocycles. The number of amides is 2. The molecule has 180 valence electrons. The van der Waals surface area contributed by atoms with Crippen molar-refractivity contribution in [2.75, 3.05) is 19.8 Å². The number of benzene rings is 2. The van der Waals surface area contributed by atoms with E-state index in [0.717, 1.165) is 22.3 Å². The lowest BCUT2D eigenvalue weighted by Crippen LogP contribution is -2.47. The van der Waals surface area contributed by atoms with Crippen molar-refractivity contribution in [2.45, 2.75) is 38.3 Å². The molecule has 1 saturated heterocycles. The van der Waals surface area contributed by atoms with Gasteiger partial charge in [0.2, 0.25) is 5.91 Å². The topological polar surface area (TPSA) is 114 Å². The molecule has 8 nitrogen and oxygen atoms in total. The maximum atomic E-state index is 12.6. The molecule has 1 heterocycles. The fourth-order valence-electron chi connectivity index (χ4n) is 4.64. The summed E-state index contributed by atoms with van der Waals surface area (Å²) in [5.41, 5.74) is 4.61. The third-order valence-corrected chi connectivity index (χ3v) is 6.83. The van der Waals surface area contributed by atoms with Crippen LogP contribution >= 0.6 is 0 Å². The fraction of sp³-hybridized carbons (Fsp3) is 0.423. The molecule has 0 aromatic heterocycles. The minimum absolute atomic E-state index is 0.0239. The van der Waals surface area contributed by atoms with Gasteiger partial charge in [-0.1, -0.05) is 48.5 Å². The van der Waals surface area contributed by atoms with E-state index in [0.29, 0.717) is 13.0 Å². The van der Waals surface area contributed by atoms with E-state index < -0.39 is 30.1 Å². The summed E-state index contributed by atoms with van der Waals surface area (Å²) in [5.74, 6) is -2.30. The third kappa shape index (κ3) is 4.92. The lowest BCUT2D eigenvalue weighted by atomic mass is 9.98. The Kier molecular flexibility index (Phi) is 7.17. The van der Waals surface area contributed by atoms with Crippen LogP contribution in [0.3, 0.4) is 0 Å². The van der Waals surface area contributed by atoms with E-state index >= 15 is 0 Å². The first-order valence-electron chi connectivity index (χ1n) is 11.6. The number of fused-ring (bicyclic) bond motifs is 3. The van der Waals surface area contributed by atoms with Crippen molar-refractivity contribution in [3.8, 4) is 11.1 Å². The summed E-state index contributed by atoms with van der Waals surface area (Å²) in [6, 6.07) is 15.7. The van der Waals surface area contributed by atoms with E-state index in [1.165, 1.54) is 0 Å². The summed E-state index contributed by atoms with van der Waals surface area (Å²) in [6.45, 7) is 4.04. The first-order chi connectivity index (χ1) is 16.4. The number of aliphatic carboxylic acids is 1. The zero-order valence-corrected chi connectivity index (χ0v) is 19.3. The molecule has 2 aromatic rings. The average molecular weight is 467 g/mol. The van der Waals surface area contributed by atoms with E-state index in [4.69, 9.17) is 14.6 Å². The Hall–Kier alpha value is -3.39. The average Bonchev–Trinajstić information content (AvgIpc) is 3.43. The number of nitrogens with one attached hydrogen (secondary N) is 2. The fourth-order valence-corrected chi connectivity index (χ4v) is 4.64. The molecular weight excluding hydrogens is 436 g/mol. The molecule has 2 amide bonds. The summed E-state index contributed by atoms with van der Waals surface area (Å²) in [4.78, 5) is 36.2. The maximum Gasteiger partial charge on any atom is 0.407 e. The van der Waals surface area contributed by atoms with Gasteiger partial charge in [0.25, 0.3) is 0 Å². The predicted octanol–water partition coefficient (Wildman–Crippen LogP) is 3.16. The molecule has 4 atom stereocenters. The Morgan fingerprint density at radius 2 is 1.68 bits per heavy atom. The smallest absolute Gasteiger partial charge is 0.407 e.